The molecule has 0 saturated heterocycles. The molecule has 9 aromatic carbocycles. The molecule has 16 rings (SSSR count). The predicted molar refractivity (Wildman–Crippen MR) is 359 cm³/mol. The van der Waals surface area contributed by atoms with E-state index in [2.05, 4.69) is 242 Å². The molecule has 10 heteroatoms. The normalized spacial score (nSPS) is 13.6. The molecule has 12 aromatic rings. The molecule has 0 amide bonds. The van der Waals surface area contributed by atoms with E-state index >= 15 is 0 Å². The number of nitrogens with zero attached hydrogens (tertiary/aromatic N) is 5. The Balaban J connectivity index is 0.000000372. The van der Waals surface area contributed by atoms with Crippen molar-refractivity contribution in [2.45, 2.75) is 119 Å². The molecule has 4 aliphatic heterocycles. The summed E-state index contributed by atoms with van der Waals surface area (Å²) in [4.78, 5) is 14.8. The van der Waals surface area contributed by atoms with Crippen LogP contribution in [0.4, 0.5) is 38.5 Å². The maximum Gasteiger partial charge on any atom is 0.252 e. The summed E-state index contributed by atoms with van der Waals surface area (Å²) in [5.41, 5.74) is 25.0. The van der Waals surface area contributed by atoms with Crippen molar-refractivity contribution < 1.29 is 34.0 Å². The molecule has 7 nitrogen and oxygen atoms in total. The van der Waals surface area contributed by atoms with Crippen LogP contribution in [0.2, 0.25) is 0 Å². The number of fused-ring (bicyclic) bond motifs is 16. The Labute approximate surface area is 529 Å². The van der Waals surface area contributed by atoms with Gasteiger partial charge in [-0.3, -0.25) is 9.37 Å². The van der Waals surface area contributed by atoms with E-state index in [1.807, 2.05) is 32.2 Å². The molecule has 0 spiro atoms. The van der Waals surface area contributed by atoms with Crippen molar-refractivity contribution in [3.05, 3.63) is 215 Å². The van der Waals surface area contributed by atoms with Gasteiger partial charge in [0.15, 0.2) is 23.0 Å². The van der Waals surface area contributed by atoms with Gasteiger partial charge in [0, 0.05) is 54.6 Å². The molecule has 3 aromatic heterocycles. The smallest absolute Gasteiger partial charge is 0.252 e. The fraction of sp³-hybridized carbons (Fsp3) is 0.231. The molecule has 7 heterocycles. The number of hydrogen-bond acceptors (Lipinski definition) is 6. The summed E-state index contributed by atoms with van der Waals surface area (Å²) < 4.78 is 29.6. The summed E-state index contributed by atoms with van der Waals surface area (Å²) in [6.07, 6.45) is 1.82. The number of pyridine rings is 2. The van der Waals surface area contributed by atoms with Gasteiger partial charge in [0.05, 0.1) is 39.4 Å². The van der Waals surface area contributed by atoms with Crippen LogP contribution in [0.15, 0.2) is 164 Å². The molecule has 0 unspecified atom stereocenters. The Hall–Kier alpha value is -8.56. The summed E-state index contributed by atoms with van der Waals surface area (Å²) in [5.74, 6) is 3.21. The van der Waals surface area contributed by atoms with Gasteiger partial charge in [-0.15, -0.1) is 59.5 Å². The molecule has 0 aliphatic carbocycles. The molecule has 0 saturated carbocycles. The first-order chi connectivity index (χ1) is 41.4. The molecule has 439 valence electrons. The van der Waals surface area contributed by atoms with Crippen molar-refractivity contribution in [3.8, 4) is 45.4 Å². The number of aromatic nitrogens is 3. The van der Waals surface area contributed by atoms with Crippen LogP contribution in [-0.4, -0.2) is 21.1 Å². The number of rotatable bonds is 2. The zero-order chi connectivity index (χ0) is 60.5. The average Bonchev–Trinajstić information content (AvgIpc) is 0.817. The third-order valence-electron chi connectivity index (χ3n) is 18.4. The van der Waals surface area contributed by atoms with Crippen LogP contribution in [0, 0.1) is 31.8 Å². The fourth-order valence-electron chi connectivity index (χ4n) is 13.4. The largest absolute Gasteiger partial charge is 0.453 e. The molecular formula is C78H69BFIrN5O2-2. The predicted octanol–water partition coefficient (Wildman–Crippen LogP) is 19.0. The van der Waals surface area contributed by atoms with Gasteiger partial charge in [-0.1, -0.05) is 155 Å². The van der Waals surface area contributed by atoms with Crippen molar-refractivity contribution in [1.82, 2.24) is 14.4 Å². The van der Waals surface area contributed by atoms with Gasteiger partial charge in [0.25, 0.3) is 6.71 Å². The zero-order valence-corrected chi connectivity index (χ0v) is 54.8. The molecule has 0 fully saturated rings. The van der Waals surface area contributed by atoms with E-state index in [4.69, 9.17) is 14.5 Å². The Morgan fingerprint density at radius 3 is 1.65 bits per heavy atom. The SMILES string of the molecule is CC(C)(C)c1ccc2c(c1)Oc1cc(C(C)(C)C)cc3c1N2c1cc(-c2cccc4nc5c6[c-]cccc6c6ccccc6n5c24)cc2c1B3c1cc(C(C)(C)C)cc3c1N2c1ccc(C(C)(C)C)cc1O3.Cc1cnc(-c2[c-]cc(F)cc2)cc1C.[Ir]. The van der Waals surface area contributed by atoms with E-state index in [9.17, 15) is 4.39 Å². The number of ether oxygens (including phenoxy) is 2. The zero-order valence-electron chi connectivity index (χ0n) is 52.4. The fourth-order valence-corrected chi connectivity index (χ4v) is 13.4. The number of anilines is 6. The minimum Gasteiger partial charge on any atom is -0.453 e. The van der Waals surface area contributed by atoms with Gasteiger partial charge in [0.1, 0.15) is 0 Å². The van der Waals surface area contributed by atoms with Gasteiger partial charge in [-0.2, -0.15) is 0 Å². The van der Waals surface area contributed by atoms with Crippen molar-refractivity contribution in [2.24, 2.45) is 0 Å². The van der Waals surface area contributed by atoms with E-state index in [1.54, 1.807) is 6.07 Å². The maximum atomic E-state index is 12.7. The van der Waals surface area contributed by atoms with Crippen LogP contribution in [0.5, 0.6) is 23.0 Å². The van der Waals surface area contributed by atoms with Crippen molar-refractivity contribution >= 4 is 95.6 Å². The van der Waals surface area contributed by atoms with Gasteiger partial charge >= 0.3 is 0 Å². The molecule has 1 radical (unpaired) electrons. The second-order valence-corrected chi connectivity index (χ2v) is 28.4. The average molecular weight is 1330 g/mol. The number of halogens is 1. The summed E-state index contributed by atoms with van der Waals surface area (Å²) in [7, 11) is 0. The van der Waals surface area contributed by atoms with Gasteiger partial charge in [0.2, 0.25) is 0 Å². The monoisotopic (exact) mass is 1330 g/mol. The number of aryl methyl sites for hydroxylation is 2. The summed E-state index contributed by atoms with van der Waals surface area (Å²) >= 11 is 0. The van der Waals surface area contributed by atoms with Crippen LogP contribution in [0.25, 0.3) is 60.7 Å². The number of para-hydroxylation sites is 2. The van der Waals surface area contributed by atoms with Crippen LogP contribution in [-0.2, 0) is 41.8 Å². The van der Waals surface area contributed by atoms with Crippen LogP contribution < -0.4 is 35.7 Å². The van der Waals surface area contributed by atoms with Crippen LogP contribution in [0.3, 0.4) is 0 Å². The van der Waals surface area contributed by atoms with Gasteiger partial charge in [-0.25, -0.2) is 0 Å². The number of hydrogen-bond donors (Lipinski definition) is 0. The van der Waals surface area contributed by atoms with Crippen molar-refractivity contribution in [2.75, 3.05) is 9.80 Å². The molecular weight excluding hydrogens is 1260 g/mol. The molecule has 0 N–H and O–H groups in total. The molecule has 0 atom stereocenters. The third kappa shape index (κ3) is 8.98. The standard InChI is InChI=1S/C65H58BN4O2.C13H11FN.Ir/c1-62(2,3)37-24-26-49-53(32-37)71-55-34-39(64(7,8)9)30-45-59(55)68(49)51-28-36(41-21-17-22-47-58(41)70-48-23-16-15-19-43(48)42-18-13-14-20-44(42)61(70)67-47)29-52-57(51)66(45)46-31-40(65(10,11)12)35-56-60(46)69(52)50-27-25-38(63(4,5)6)33-54(50)72-56;1-9-7-13(15-8-10(9)2)11-3-5-12(14)6-4-11;/h13-19,21-35H,1-12H3;3,5-8H,1-2H3;/q2*-1;. The van der Waals surface area contributed by atoms with E-state index in [-0.39, 0.29) is 54.3 Å². The second kappa shape index (κ2) is 20.0. The number of benzene rings is 9. The Bertz CT molecular complexity index is 4760. The topological polar surface area (TPSA) is 55.1 Å². The first-order valence-electron chi connectivity index (χ1n) is 30.4. The van der Waals surface area contributed by atoms with Crippen molar-refractivity contribution in [1.29, 1.82) is 0 Å². The van der Waals surface area contributed by atoms with E-state index in [1.165, 1.54) is 61.7 Å². The summed E-state index contributed by atoms with van der Waals surface area (Å²) in [6.45, 7) is 31.5. The maximum absolute atomic E-state index is 12.7. The first kappa shape index (κ1) is 57.2. The minimum atomic E-state index is -0.275. The second-order valence-electron chi connectivity index (χ2n) is 28.4. The Morgan fingerprint density at radius 1 is 0.523 bits per heavy atom. The molecule has 4 aliphatic rings. The quantitative estimate of drug-likeness (QED) is 0.0977. The van der Waals surface area contributed by atoms with E-state index < -0.39 is 0 Å². The van der Waals surface area contributed by atoms with Gasteiger partial charge < -0.3 is 28.7 Å². The summed E-state index contributed by atoms with van der Waals surface area (Å²) in [5, 5.41) is 3.33. The Kier molecular flexibility index (Phi) is 13.0. The van der Waals surface area contributed by atoms with Crippen molar-refractivity contribution in [3.63, 3.8) is 0 Å². The van der Waals surface area contributed by atoms with E-state index in [0.717, 1.165) is 118 Å². The molecule has 0 bridgehead atoms. The summed E-state index contributed by atoms with van der Waals surface area (Å²) in [6, 6.07) is 62.8. The first-order valence-corrected chi connectivity index (χ1v) is 30.4. The Morgan fingerprint density at radius 2 is 1.09 bits per heavy atom. The van der Waals surface area contributed by atoms with E-state index in [0.29, 0.717) is 0 Å². The number of imidazole rings is 1. The van der Waals surface area contributed by atoms with Gasteiger partial charge in [-0.05, 0) is 157 Å². The molecule has 88 heavy (non-hydrogen) atoms. The third-order valence-corrected chi connectivity index (χ3v) is 18.4. The van der Waals surface area contributed by atoms with Crippen LogP contribution >= 0.6 is 0 Å². The minimum absolute atomic E-state index is 0. The van der Waals surface area contributed by atoms with Crippen LogP contribution in [0.1, 0.15) is 116 Å².